The molecule has 1 aliphatic rings. The summed E-state index contributed by atoms with van der Waals surface area (Å²) in [6, 6.07) is 13.7. The molecule has 8 heteroatoms. The summed E-state index contributed by atoms with van der Waals surface area (Å²) in [6.07, 6.45) is 3.60. The summed E-state index contributed by atoms with van der Waals surface area (Å²) in [5.41, 5.74) is 3.42. The highest BCUT2D eigenvalue weighted by Crippen LogP contribution is 2.41. The van der Waals surface area contributed by atoms with Crippen LogP contribution < -0.4 is 10.9 Å². The summed E-state index contributed by atoms with van der Waals surface area (Å²) in [5, 5.41) is 12.4. The van der Waals surface area contributed by atoms with Gasteiger partial charge in [-0.1, -0.05) is 29.8 Å². The van der Waals surface area contributed by atoms with Crippen molar-refractivity contribution in [3.05, 3.63) is 87.7 Å². The third-order valence-electron chi connectivity index (χ3n) is 5.65. The van der Waals surface area contributed by atoms with Crippen molar-refractivity contribution in [2.45, 2.75) is 38.8 Å². The molecule has 1 amide bonds. The van der Waals surface area contributed by atoms with Gasteiger partial charge in [0.05, 0.1) is 17.6 Å². The van der Waals surface area contributed by atoms with Crippen molar-refractivity contribution in [3.8, 4) is 5.69 Å². The van der Waals surface area contributed by atoms with E-state index < -0.39 is 5.56 Å². The first-order chi connectivity index (χ1) is 15.5. The van der Waals surface area contributed by atoms with Gasteiger partial charge in [0.25, 0.3) is 5.56 Å². The Bertz CT molecular complexity index is 1350. The lowest BCUT2D eigenvalue weighted by atomic mass is 10.1. The Kier molecular flexibility index (Phi) is 5.05. The van der Waals surface area contributed by atoms with Gasteiger partial charge in [0.1, 0.15) is 17.9 Å². The number of aromatic nitrogens is 4. The maximum absolute atomic E-state index is 13.4. The fourth-order valence-corrected chi connectivity index (χ4v) is 3.74. The van der Waals surface area contributed by atoms with Crippen LogP contribution in [0.3, 0.4) is 0 Å². The normalized spacial score (nSPS) is 13.4. The summed E-state index contributed by atoms with van der Waals surface area (Å²) < 4.78 is 16.1. The molecule has 1 N–H and O–H groups in total. The number of benzene rings is 2. The second kappa shape index (κ2) is 8.03. The van der Waals surface area contributed by atoms with Gasteiger partial charge in [-0.25, -0.2) is 13.8 Å². The molecule has 0 bridgehead atoms. The van der Waals surface area contributed by atoms with Crippen LogP contribution in [0.2, 0.25) is 0 Å². The standard InChI is InChI=1S/C24H22FN5O2/c1-15-2-4-16(5-3-15)12-26-21(31)14-29-24(32)23-20(22(28-29)17-6-7-17)13-27-30(23)19-10-8-18(25)9-11-19/h2-5,8-11,13,17H,6-7,12,14H2,1H3,(H,26,31). The highest BCUT2D eigenvalue weighted by atomic mass is 19.1. The number of amides is 1. The van der Waals surface area contributed by atoms with Crippen LogP contribution in [-0.4, -0.2) is 25.5 Å². The van der Waals surface area contributed by atoms with Crippen molar-refractivity contribution in [2.75, 3.05) is 0 Å². The molecular formula is C24H22FN5O2. The largest absolute Gasteiger partial charge is 0.350 e. The molecule has 0 spiro atoms. The minimum absolute atomic E-state index is 0.186. The minimum atomic E-state index is -0.406. The molecule has 0 aliphatic heterocycles. The molecule has 2 aromatic carbocycles. The highest BCUT2D eigenvalue weighted by Gasteiger charge is 2.30. The van der Waals surface area contributed by atoms with Gasteiger partial charge >= 0.3 is 0 Å². The van der Waals surface area contributed by atoms with Gasteiger partial charge in [-0.2, -0.15) is 10.2 Å². The van der Waals surface area contributed by atoms with Gasteiger partial charge in [-0.05, 0) is 49.6 Å². The molecule has 0 unspecified atom stereocenters. The third kappa shape index (κ3) is 3.91. The van der Waals surface area contributed by atoms with Gasteiger partial charge in [0.2, 0.25) is 5.91 Å². The maximum atomic E-state index is 13.4. The molecule has 7 nitrogen and oxygen atoms in total. The van der Waals surface area contributed by atoms with Gasteiger partial charge < -0.3 is 5.32 Å². The van der Waals surface area contributed by atoms with E-state index in [2.05, 4.69) is 15.5 Å². The Balaban J connectivity index is 1.47. The van der Waals surface area contributed by atoms with Crippen LogP contribution in [0.25, 0.3) is 16.6 Å². The molecule has 5 rings (SSSR count). The Morgan fingerprint density at radius 2 is 1.84 bits per heavy atom. The van der Waals surface area contributed by atoms with E-state index in [9.17, 15) is 14.0 Å². The molecule has 162 valence electrons. The van der Waals surface area contributed by atoms with E-state index in [0.717, 1.165) is 29.7 Å². The van der Waals surface area contributed by atoms with Crippen molar-refractivity contribution < 1.29 is 9.18 Å². The molecule has 32 heavy (non-hydrogen) atoms. The van der Waals surface area contributed by atoms with Crippen molar-refractivity contribution in [1.82, 2.24) is 24.9 Å². The predicted molar refractivity (Wildman–Crippen MR) is 118 cm³/mol. The molecule has 1 fully saturated rings. The smallest absolute Gasteiger partial charge is 0.293 e. The SMILES string of the molecule is Cc1ccc(CNC(=O)Cn2nc(C3CC3)c3cnn(-c4ccc(F)cc4)c3c2=O)cc1. The molecule has 0 saturated heterocycles. The number of hydrogen-bond acceptors (Lipinski definition) is 4. The van der Waals surface area contributed by atoms with E-state index >= 15 is 0 Å². The third-order valence-corrected chi connectivity index (χ3v) is 5.65. The van der Waals surface area contributed by atoms with Crippen LogP contribution in [0.15, 0.2) is 59.5 Å². The summed E-state index contributed by atoms with van der Waals surface area (Å²) in [4.78, 5) is 25.9. The Hall–Kier alpha value is -3.81. The number of carbonyl (C=O) groups is 1. The minimum Gasteiger partial charge on any atom is -0.350 e. The second-order valence-corrected chi connectivity index (χ2v) is 8.18. The van der Waals surface area contributed by atoms with Crippen LogP contribution in [0, 0.1) is 12.7 Å². The number of aryl methyl sites for hydroxylation is 1. The Morgan fingerprint density at radius 3 is 2.53 bits per heavy atom. The van der Waals surface area contributed by atoms with Crippen LogP contribution in [0.1, 0.15) is 35.6 Å². The van der Waals surface area contributed by atoms with E-state index in [0.29, 0.717) is 23.1 Å². The van der Waals surface area contributed by atoms with Crippen molar-refractivity contribution in [1.29, 1.82) is 0 Å². The first kappa shape index (κ1) is 20.1. The first-order valence-corrected chi connectivity index (χ1v) is 10.6. The van der Waals surface area contributed by atoms with Crippen molar-refractivity contribution in [3.63, 3.8) is 0 Å². The van der Waals surface area contributed by atoms with Crippen molar-refractivity contribution in [2.24, 2.45) is 0 Å². The lowest BCUT2D eigenvalue weighted by Gasteiger charge is -2.11. The molecule has 1 saturated carbocycles. The quantitative estimate of drug-likeness (QED) is 0.508. The molecular weight excluding hydrogens is 409 g/mol. The maximum Gasteiger partial charge on any atom is 0.293 e. The predicted octanol–water partition coefficient (Wildman–Crippen LogP) is 3.22. The monoisotopic (exact) mass is 431 g/mol. The summed E-state index contributed by atoms with van der Waals surface area (Å²) >= 11 is 0. The first-order valence-electron chi connectivity index (χ1n) is 10.6. The zero-order chi connectivity index (χ0) is 22.2. The molecule has 0 radical (unpaired) electrons. The van der Waals surface area contributed by atoms with Crippen LogP contribution in [0.4, 0.5) is 4.39 Å². The lowest BCUT2D eigenvalue weighted by molar-refractivity contribution is -0.122. The zero-order valence-corrected chi connectivity index (χ0v) is 17.6. The molecule has 2 heterocycles. The van der Waals surface area contributed by atoms with Gasteiger partial charge in [-0.15, -0.1) is 0 Å². The number of nitrogens with one attached hydrogen (secondary N) is 1. The van der Waals surface area contributed by atoms with E-state index in [1.807, 2.05) is 31.2 Å². The topological polar surface area (TPSA) is 81.8 Å². The average molecular weight is 431 g/mol. The molecule has 2 aromatic heterocycles. The van der Waals surface area contributed by atoms with E-state index in [1.165, 1.54) is 21.5 Å². The lowest BCUT2D eigenvalue weighted by Crippen LogP contribution is -2.34. The molecule has 4 aromatic rings. The fourth-order valence-electron chi connectivity index (χ4n) is 3.74. The van der Waals surface area contributed by atoms with E-state index in [1.54, 1.807) is 18.3 Å². The second-order valence-electron chi connectivity index (χ2n) is 8.18. The van der Waals surface area contributed by atoms with Gasteiger partial charge in [0, 0.05) is 17.8 Å². The number of carbonyl (C=O) groups excluding carboxylic acids is 1. The number of halogens is 1. The van der Waals surface area contributed by atoms with Crippen LogP contribution >= 0.6 is 0 Å². The summed E-state index contributed by atoms with van der Waals surface area (Å²) in [6.45, 7) is 2.19. The van der Waals surface area contributed by atoms with Crippen LogP contribution in [0.5, 0.6) is 0 Å². The number of nitrogens with zero attached hydrogens (tertiary/aromatic N) is 4. The van der Waals surface area contributed by atoms with Crippen molar-refractivity contribution >= 4 is 16.8 Å². The van der Waals surface area contributed by atoms with E-state index in [-0.39, 0.29) is 24.2 Å². The zero-order valence-electron chi connectivity index (χ0n) is 17.6. The summed E-state index contributed by atoms with van der Waals surface area (Å²) in [5.74, 6) is -0.409. The van der Waals surface area contributed by atoms with Gasteiger partial charge in [-0.3, -0.25) is 9.59 Å². The highest BCUT2D eigenvalue weighted by molar-refractivity contribution is 5.83. The van der Waals surface area contributed by atoms with Crippen LogP contribution in [-0.2, 0) is 17.9 Å². The number of rotatable bonds is 6. The number of fused-ring (bicyclic) bond motifs is 1. The molecule has 0 atom stereocenters. The fraction of sp³-hybridized carbons (Fsp3) is 0.250. The molecule has 1 aliphatic carbocycles. The van der Waals surface area contributed by atoms with Gasteiger partial charge in [0.15, 0.2) is 0 Å². The Morgan fingerprint density at radius 1 is 1.12 bits per heavy atom. The van der Waals surface area contributed by atoms with E-state index in [4.69, 9.17) is 0 Å². The number of hydrogen-bond donors (Lipinski definition) is 1. The summed E-state index contributed by atoms with van der Waals surface area (Å²) in [7, 11) is 0. The Labute approximate surface area is 183 Å². The average Bonchev–Trinajstić information content (AvgIpc) is 3.54.